The number of rotatable bonds is 5. The number of hydrogen-bond acceptors (Lipinski definition) is 3. The van der Waals surface area contributed by atoms with Crippen LogP contribution in [0.2, 0.25) is 0 Å². The molecular formula is C17H28N2O. The Labute approximate surface area is 123 Å². The van der Waals surface area contributed by atoms with Crippen LogP contribution in [0.4, 0.5) is 0 Å². The first kappa shape index (κ1) is 15.3. The molecule has 1 fully saturated rings. The van der Waals surface area contributed by atoms with Gasteiger partial charge in [0, 0.05) is 38.3 Å². The summed E-state index contributed by atoms with van der Waals surface area (Å²) in [6, 6.07) is 8.90. The number of aromatic hydroxyl groups is 1. The van der Waals surface area contributed by atoms with E-state index < -0.39 is 0 Å². The van der Waals surface area contributed by atoms with Crippen LogP contribution in [0.5, 0.6) is 5.75 Å². The summed E-state index contributed by atoms with van der Waals surface area (Å²) < 4.78 is 0. The monoisotopic (exact) mass is 276 g/mol. The molecule has 1 aliphatic heterocycles. The third-order valence-electron chi connectivity index (χ3n) is 4.65. The molecule has 20 heavy (non-hydrogen) atoms. The van der Waals surface area contributed by atoms with Crippen LogP contribution in [0, 0.1) is 0 Å². The van der Waals surface area contributed by atoms with Crippen LogP contribution in [0.3, 0.4) is 0 Å². The first-order valence-corrected chi connectivity index (χ1v) is 7.86. The van der Waals surface area contributed by atoms with Crippen molar-refractivity contribution in [3.05, 3.63) is 29.8 Å². The van der Waals surface area contributed by atoms with Gasteiger partial charge in [0.05, 0.1) is 0 Å². The number of piperazine rings is 1. The topological polar surface area (TPSA) is 26.7 Å². The Kier molecular flexibility index (Phi) is 5.44. The average Bonchev–Trinajstić information content (AvgIpc) is 2.49. The third kappa shape index (κ3) is 3.97. The Morgan fingerprint density at radius 1 is 0.950 bits per heavy atom. The van der Waals surface area contributed by atoms with Crippen molar-refractivity contribution < 1.29 is 5.11 Å². The van der Waals surface area contributed by atoms with Gasteiger partial charge in [-0.15, -0.1) is 0 Å². The second-order valence-corrected chi connectivity index (χ2v) is 6.05. The fourth-order valence-electron chi connectivity index (χ4n) is 2.98. The van der Waals surface area contributed by atoms with E-state index in [0.29, 0.717) is 17.8 Å². The minimum absolute atomic E-state index is 0.351. The molecule has 3 heteroatoms. The largest absolute Gasteiger partial charge is 0.508 e. The highest BCUT2D eigenvalue weighted by molar-refractivity contribution is 5.26. The van der Waals surface area contributed by atoms with Crippen LogP contribution in [-0.4, -0.2) is 53.2 Å². The Morgan fingerprint density at radius 3 is 1.95 bits per heavy atom. The van der Waals surface area contributed by atoms with Crippen LogP contribution in [0.25, 0.3) is 0 Å². The van der Waals surface area contributed by atoms with E-state index in [1.54, 1.807) is 12.1 Å². The molecule has 0 spiro atoms. The predicted molar refractivity (Wildman–Crippen MR) is 84.2 cm³/mol. The van der Waals surface area contributed by atoms with E-state index in [2.05, 4.69) is 30.6 Å². The van der Waals surface area contributed by atoms with Gasteiger partial charge in [-0.1, -0.05) is 19.1 Å². The summed E-state index contributed by atoms with van der Waals surface area (Å²) in [7, 11) is 0. The van der Waals surface area contributed by atoms with E-state index in [4.69, 9.17) is 0 Å². The fraction of sp³-hybridized carbons (Fsp3) is 0.647. The number of benzene rings is 1. The molecule has 112 valence electrons. The molecule has 0 aromatic heterocycles. The number of phenolic OH excluding ortho intramolecular Hbond substituents is 1. The van der Waals surface area contributed by atoms with Gasteiger partial charge < -0.3 is 5.11 Å². The zero-order valence-electron chi connectivity index (χ0n) is 13.0. The maximum Gasteiger partial charge on any atom is 0.115 e. The zero-order valence-corrected chi connectivity index (χ0v) is 13.0. The van der Waals surface area contributed by atoms with Gasteiger partial charge >= 0.3 is 0 Å². The average molecular weight is 276 g/mol. The molecular weight excluding hydrogens is 248 g/mol. The highest BCUT2D eigenvalue weighted by atomic mass is 16.3. The molecule has 2 atom stereocenters. The Hall–Kier alpha value is -1.06. The molecule has 1 aromatic carbocycles. The van der Waals surface area contributed by atoms with E-state index in [-0.39, 0.29) is 0 Å². The SMILES string of the molecule is CCC(C)N1CCN(C(C)Cc2ccc(O)cc2)CC1. The number of hydrogen-bond donors (Lipinski definition) is 1. The Bertz CT molecular complexity index is 396. The van der Waals surface area contributed by atoms with E-state index in [0.717, 1.165) is 6.42 Å². The molecule has 1 N–H and O–H groups in total. The summed E-state index contributed by atoms with van der Waals surface area (Å²) in [6.45, 7) is 11.6. The molecule has 1 aliphatic rings. The lowest BCUT2D eigenvalue weighted by Crippen LogP contribution is -2.52. The molecule has 0 amide bonds. The Balaban J connectivity index is 1.82. The van der Waals surface area contributed by atoms with E-state index in [1.807, 2.05) is 12.1 Å². The smallest absolute Gasteiger partial charge is 0.115 e. The van der Waals surface area contributed by atoms with Gasteiger partial charge in [-0.3, -0.25) is 9.80 Å². The van der Waals surface area contributed by atoms with Crippen molar-refractivity contribution in [2.75, 3.05) is 26.2 Å². The first-order valence-electron chi connectivity index (χ1n) is 7.86. The van der Waals surface area contributed by atoms with Crippen molar-refractivity contribution in [2.24, 2.45) is 0 Å². The van der Waals surface area contributed by atoms with Crippen LogP contribution in [0.1, 0.15) is 32.8 Å². The van der Waals surface area contributed by atoms with Gasteiger partial charge in [0.2, 0.25) is 0 Å². The van der Waals surface area contributed by atoms with Crippen LogP contribution in [-0.2, 0) is 6.42 Å². The molecule has 3 nitrogen and oxygen atoms in total. The van der Waals surface area contributed by atoms with Crippen LogP contribution in [0.15, 0.2) is 24.3 Å². The van der Waals surface area contributed by atoms with Gasteiger partial charge in [0.15, 0.2) is 0 Å². The van der Waals surface area contributed by atoms with Crippen molar-refractivity contribution in [1.82, 2.24) is 9.80 Å². The lowest BCUT2D eigenvalue weighted by Gasteiger charge is -2.40. The summed E-state index contributed by atoms with van der Waals surface area (Å²) in [5.74, 6) is 0.351. The normalized spacial score (nSPS) is 20.8. The zero-order chi connectivity index (χ0) is 14.5. The standard InChI is InChI=1S/C17H28N2O/c1-4-14(2)18-9-11-19(12-10-18)15(3)13-16-5-7-17(20)8-6-16/h5-8,14-15,20H,4,9-13H2,1-3H3. The summed E-state index contributed by atoms with van der Waals surface area (Å²) in [5.41, 5.74) is 1.31. The number of nitrogens with zero attached hydrogens (tertiary/aromatic N) is 2. The van der Waals surface area contributed by atoms with Crippen LogP contribution >= 0.6 is 0 Å². The van der Waals surface area contributed by atoms with Crippen molar-refractivity contribution in [2.45, 2.75) is 45.7 Å². The maximum atomic E-state index is 9.33. The van der Waals surface area contributed by atoms with Gasteiger partial charge in [0.25, 0.3) is 0 Å². The first-order chi connectivity index (χ1) is 9.60. The molecule has 2 unspecified atom stereocenters. The summed E-state index contributed by atoms with van der Waals surface area (Å²) >= 11 is 0. The van der Waals surface area contributed by atoms with Gasteiger partial charge in [-0.25, -0.2) is 0 Å². The summed E-state index contributed by atoms with van der Waals surface area (Å²) in [6.07, 6.45) is 2.30. The summed E-state index contributed by atoms with van der Waals surface area (Å²) in [5, 5.41) is 9.33. The van der Waals surface area contributed by atoms with Crippen molar-refractivity contribution in [3.8, 4) is 5.75 Å². The van der Waals surface area contributed by atoms with Gasteiger partial charge in [-0.2, -0.15) is 0 Å². The van der Waals surface area contributed by atoms with E-state index in [9.17, 15) is 5.11 Å². The minimum atomic E-state index is 0.351. The minimum Gasteiger partial charge on any atom is -0.508 e. The van der Waals surface area contributed by atoms with Gasteiger partial charge in [-0.05, 0) is 44.4 Å². The Morgan fingerprint density at radius 2 is 1.45 bits per heavy atom. The second-order valence-electron chi connectivity index (χ2n) is 6.05. The van der Waals surface area contributed by atoms with Gasteiger partial charge in [0.1, 0.15) is 5.75 Å². The molecule has 0 radical (unpaired) electrons. The molecule has 0 saturated carbocycles. The second kappa shape index (κ2) is 7.09. The number of phenols is 1. The van der Waals surface area contributed by atoms with E-state index >= 15 is 0 Å². The molecule has 0 aliphatic carbocycles. The molecule has 1 heterocycles. The maximum absolute atomic E-state index is 9.33. The fourth-order valence-corrected chi connectivity index (χ4v) is 2.98. The lowest BCUT2D eigenvalue weighted by molar-refractivity contribution is 0.0774. The summed E-state index contributed by atoms with van der Waals surface area (Å²) in [4.78, 5) is 5.19. The lowest BCUT2D eigenvalue weighted by atomic mass is 10.0. The predicted octanol–water partition coefficient (Wildman–Crippen LogP) is 2.74. The van der Waals surface area contributed by atoms with Crippen LogP contribution < -0.4 is 0 Å². The molecule has 1 aromatic rings. The quantitative estimate of drug-likeness (QED) is 0.896. The highest BCUT2D eigenvalue weighted by Crippen LogP contribution is 2.16. The van der Waals surface area contributed by atoms with Crippen molar-refractivity contribution >= 4 is 0 Å². The third-order valence-corrected chi connectivity index (χ3v) is 4.65. The molecule has 0 bridgehead atoms. The van der Waals surface area contributed by atoms with Crippen molar-refractivity contribution in [3.63, 3.8) is 0 Å². The molecule has 1 saturated heterocycles. The molecule has 2 rings (SSSR count). The van der Waals surface area contributed by atoms with Crippen molar-refractivity contribution in [1.29, 1.82) is 0 Å². The highest BCUT2D eigenvalue weighted by Gasteiger charge is 2.23. The van der Waals surface area contributed by atoms with E-state index in [1.165, 1.54) is 38.2 Å².